The van der Waals surface area contributed by atoms with Gasteiger partial charge in [-0.05, 0) is 17.7 Å². The van der Waals surface area contributed by atoms with Gasteiger partial charge >= 0.3 is 0 Å². The molecule has 0 fully saturated rings. The number of rotatable bonds is 3. The SMILES string of the molecule is O=C(CS)Nc1cccc(CO)c1. The van der Waals surface area contributed by atoms with Crippen LogP contribution < -0.4 is 5.32 Å². The van der Waals surface area contributed by atoms with Gasteiger partial charge in [0.25, 0.3) is 0 Å². The number of nitrogens with one attached hydrogen (secondary N) is 1. The predicted molar refractivity (Wildman–Crippen MR) is 54.8 cm³/mol. The molecule has 2 N–H and O–H groups in total. The van der Waals surface area contributed by atoms with E-state index in [1.165, 1.54) is 0 Å². The van der Waals surface area contributed by atoms with E-state index in [-0.39, 0.29) is 18.3 Å². The van der Waals surface area contributed by atoms with Crippen LogP contribution in [0.15, 0.2) is 24.3 Å². The number of amides is 1. The maximum atomic E-state index is 10.9. The highest BCUT2D eigenvalue weighted by molar-refractivity contribution is 7.81. The highest BCUT2D eigenvalue weighted by Gasteiger charge is 1.99. The number of carbonyl (C=O) groups is 1. The van der Waals surface area contributed by atoms with Crippen LogP contribution in [0, 0.1) is 0 Å². The van der Waals surface area contributed by atoms with Crippen molar-refractivity contribution < 1.29 is 9.90 Å². The van der Waals surface area contributed by atoms with Gasteiger partial charge in [-0.2, -0.15) is 12.6 Å². The number of anilines is 1. The number of hydrogen-bond acceptors (Lipinski definition) is 3. The summed E-state index contributed by atoms with van der Waals surface area (Å²) in [6, 6.07) is 7.05. The first kappa shape index (κ1) is 10.1. The van der Waals surface area contributed by atoms with Crippen molar-refractivity contribution in [2.24, 2.45) is 0 Å². The Morgan fingerprint density at radius 2 is 2.31 bits per heavy atom. The van der Waals surface area contributed by atoms with Gasteiger partial charge in [-0.1, -0.05) is 12.1 Å². The lowest BCUT2D eigenvalue weighted by molar-refractivity contribution is -0.113. The molecular formula is C9H11NO2S. The quantitative estimate of drug-likeness (QED) is 0.634. The third kappa shape index (κ3) is 3.08. The number of aliphatic hydroxyl groups excluding tert-OH is 1. The Morgan fingerprint density at radius 1 is 1.54 bits per heavy atom. The van der Waals surface area contributed by atoms with Gasteiger partial charge in [0.1, 0.15) is 0 Å². The smallest absolute Gasteiger partial charge is 0.234 e. The van der Waals surface area contributed by atoms with Gasteiger partial charge in [-0.25, -0.2) is 0 Å². The van der Waals surface area contributed by atoms with Gasteiger partial charge in [-0.15, -0.1) is 0 Å². The molecule has 70 valence electrons. The monoisotopic (exact) mass is 197 g/mol. The summed E-state index contributed by atoms with van der Waals surface area (Å²) in [5.41, 5.74) is 1.46. The zero-order valence-electron chi connectivity index (χ0n) is 7.03. The Kier molecular flexibility index (Phi) is 3.79. The first-order valence-corrected chi connectivity index (χ1v) is 4.50. The van der Waals surface area contributed by atoms with Crippen molar-refractivity contribution in [3.05, 3.63) is 29.8 Å². The van der Waals surface area contributed by atoms with E-state index in [0.29, 0.717) is 5.69 Å². The van der Waals surface area contributed by atoms with Gasteiger partial charge in [0, 0.05) is 5.69 Å². The van der Waals surface area contributed by atoms with Crippen molar-refractivity contribution in [1.29, 1.82) is 0 Å². The van der Waals surface area contributed by atoms with Crippen LogP contribution in [0.1, 0.15) is 5.56 Å². The number of carbonyl (C=O) groups excluding carboxylic acids is 1. The third-order valence-electron chi connectivity index (χ3n) is 1.54. The van der Waals surface area contributed by atoms with Crippen LogP contribution in [0.25, 0.3) is 0 Å². The summed E-state index contributed by atoms with van der Waals surface area (Å²) in [7, 11) is 0. The molecule has 0 aliphatic rings. The van der Waals surface area contributed by atoms with Crippen LogP contribution in [-0.2, 0) is 11.4 Å². The van der Waals surface area contributed by atoms with E-state index in [2.05, 4.69) is 17.9 Å². The molecule has 0 atom stereocenters. The second-order valence-corrected chi connectivity index (χ2v) is 2.88. The average molecular weight is 197 g/mol. The first-order valence-electron chi connectivity index (χ1n) is 3.87. The van der Waals surface area contributed by atoms with Crippen molar-refractivity contribution >= 4 is 24.2 Å². The standard InChI is InChI=1S/C9H11NO2S/c11-5-7-2-1-3-8(4-7)10-9(12)6-13/h1-4,11,13H,5-6H2,(H,10,12). The molecule has 1 amide bonds. The van der Waals surface area contributed by atoms with Gasteiger partial charge < -0.3 is 10.4 Å². The summed E-state index contributed by atoms with van der Waals surface area (Å²) < 4.78 is 0. The lowest BCUT2D eigenvalue weighted by atomic mass is 10.2. The fourth-order valence-electron chi connectivity index (χ4n) is 0.948. The molecule has 0 bridgehead atoms. The van der Waals surface area contributed by atoms with Crippen LogP contribution in [0.3, 0.4) is 0 Å². The molecule has 0 aromatic heterocycles. The second-order valence-electron chi connectivity index (χ2n) is 2.56. The van der Waals surface area contributed by atoms with Gasteiger partial charge in [0.2, 0.25) is 5.91 Å². The number of benzene rings is 1. The summed E-state index contributed by atoms with van der Waals surface area (Å²) in [5.74, 6) is 0.00187. The summed E-state index contributed by atoms with van der Waals surface area (Å²) in [5, 5.41) is 11.5. The van der Waals surface area contributed by atoms with E-state index >= 15 is 0 Å². The van der Waals surface area contributed by atoms with Gasteiger partial charge in [0.05, 0.1) is 12.4 Å². The molecule has 3 nitrogen and oxygen atoms in total. The Morgan fingerprint density at radius 3 is 2.92 bits per heavy atom. The van der Waals surface area contributed by atoms with Crippen molar-refractivity contribution in [3.8, 4) is 0 Å². The van der Waals surface area contributed by atoms with Crippen LogP contribution in [0.2, 0.25) is 0 Å². The van der Waals surface area contributed by atoms with Crippen LogP contribution in [0.5, 0.6) is 0 Å². The fourth-order valence-corrected chi connectivity index (χ4v) is 1.03. The molecule has 1 aromatic rings. The van der Waals surface area contributed by atoms with E-state index in [1.807, 2.05) is 0 Å². The highest BCUT2D eigenvalue weighted by Crippen LogP contribution is 2.10. The van der Waals surface area contributed by atoms with Crippen molar-refractivity contribution in [1.82, 2.24) is 0 Å². The predicted octanol–water partition coefficient (Wildman–Crippen LogP) is 1.05. The Bertz CT molecular complexity index is 301. The Labute approximate surface area is 82.2 Å². The lowest BCUT2D eigenvalue weighted by Gasteiger charge is -2.04. The molecule has 0 aliphatic carbocycles. The van der Waals surface area contributed by atoms with E-state index in [0.717, 1.165) is 5.56 Å². The summed E-state index contributed by atoms with van der Waals surface area (Å²) in [6.45, 7) is -0.0232. The maximum Gasteiger partial charge on any atom is 0.234 e. The maximum absolute atomic E-state index is 10.9. The molecule has 0 radical (unpaired) electrons. The normalized spacial score (nSPS) is 9.69. The minimum Gasteiger partial charge on any atom is -0.392 e. The second kappa shape index (κ2) is 4.89. The number of thiol groups is 1. The molecule has 0 unspecified atom stereocenters. The molecule has 13 heavy (non-hydrogen) atoms. The molecule has 0 heterocycles. The minimum absolute atomic E-state index is 0.0232. The Balaban J connectivity index is 2.71. The van der Waals surface area contributed by atoms with Crippen molar-refractivity contribution in [3.63, 3.8) is 0 Å². The fraction of sp³-hybridized carbons (Fsp3) is 0.222. The third-order valence-corrected chi connectivity index (χ3v) is 1.82. The first-order chi connectivity index (χ1) is 6.26. The molecule has 1 rings (SSSR count). The zero-order chi connectivity index (χ0) is 9.68. The van der Waals surface area contributed by atoms with Crippen molar-refractivity contribution in [2.45, 2.75) is 6.61 Å². The topological polar surface area (TPSA) is 49.3 Å². The summed E-state index contributed by atoms with van der Waals surface area (Å²) >= 11 is 3.83. The van der Waals surface area contributed by atoms with Gasteiger partial charge in [-0.3, -0.25) is 4.79 Å². The van der Waals surface area contributed by atoms with Gasteiger partial charge in [0.15, 0.2) is 0 Å². The molecule has 0 saturated carbocycles. The summed E-state index contributed by atoms with van der Waals surface area (Å²) in [4.78, 5) is 10.9. The Hall–Kier alpha value is -1.00. The number of hydrogen-bond donors (Lipinski definition) is 3. The molecule has 0 saturated heterocycles. The van der Waals surface area contributed by atoms with E-state index in [9.17, 15) is 4.79 Å². The molecule has 0 aliphatic heterocycles. The molecule has 4 heteroatoms. The summed E-state index contributed by atoms with van der Waals surface area (Å²) in [6.07, 6.45) is 0. The lowest BCUT2D eigenvalue weighted by Crippen LogP contribution is -2.12. The highest BCUT2D eigenvalue weighted by atomic mass is 32.1. The van der Waals surface area contributed by atoms with Crippen molar-refractivity contribution in [2.75, 3.05) is 11.1 Å². The van der Waals surface area contributed by atoms with Crippen LogP contribution in [-0.4, -0.2) is 16.8 Å². The molecular weight excluding hydrogens is 186 g/mol. The molecule has 0 spiro atoms. The zero-order valence-corrected chi connectivity index (χ0v) is 7.92. The van der Waals surface area contributed by atoms with Crippen LogP contribution in [0.4, 0.5) is 5.69 Å². The average Bonchev–Trinajstić information content (AvgIpc) is 2.18. The van der Waals surface area contributed by atoms with E-state index < -0.39 is 0 Å². The van der Waals surface area contributed by atoms with Crippen LogP contribution >= 0.6 is 12.6 Å². The largest absolute Gasteiger partial charge is 0.392 e. The molecule has 1 aromatic carbocycles. The van der Waals surface area contributed by atoms with E-state index in [1.54, 1.807) is 24.3 Å². The number of aliphatic hydroxyl groups is 1. The minimum atomic E-state index is -0.154. The van der Waals surface area contributed by atoms with E-state index in [4.69, 9.17) is 5.11 Å².